The summed E-state index contributed by atoms with van der Waals surface area (Å²) >= 11 is 0. The highest BCUT2D eigenvalue weighted by Gasteiger charge is 2.76. The van der Waals surface area contributed by atoms with E-state index in [1.807, 2.05) is 0 Å². The van der Waals surface area contributed by atoms with Gasteiger partial charge in [0.05, 0.1) is 0 Å². The molecule has 1 rings (SSSR count). The third-order valence-electron chi connectivity index (χ3n) is 2.14. The lowest BCUT2D eigenvalue weighted by atomic mass is 10.0. The van der Waals surface area contributed by atoms with Crippen LogP contribution >= 0.6 is 0 Å². The van der Waals surface area contributed by atoms with Gasteiger partial charge in [0.2, 0.25) is 0 Å². The molecule has 0 bridgehead atoms. The fourth-order valence-corrected chi connectivity index (χ4v) is 1.08. The Morgan fingerprint density at radius 1 is 0.950 bits per heavy atom. The molecular formula is C10H5F7O3. The van der Waals surface area contributed by atoms with Gasteiger partial charge >= 0.3 is 23.9 Å². The quantitative estimate of drug-likeness (QED) is 0.519. The lowest BCUT2D eigenvalue weighted by Crippen LogP contribution is -2.63. The van der Waals surface area contributed by atoms with Crippen molar-refractivity contribution in [2.24, 2.45) is 0 Å². The lowest BCUT2D eigenvalue weighted by molar-refractivity contribution is -0.354. The van der Waals surface area contributed by atoms with E-state index in [9.17, 15) is 35.5 Å². The Hall–Kier alpha value is -1.84. The molecule has 0 fully saturated rings. The summed E-state index contributed by atoms with van der Waals surface area (Å²) in [5, 5.41) is 8.67. The number of carbonyl (C=O) groups is 1. The zero-order valence-corrected chi connectivity index (χ0v) is 9.22. The Bertz CT molecular complexity index is 475. The van der Waals surface area contributed by atoms with E-state index in [-0.39, 0.29) is 0 Å². The van der Waals surface area contributed by atoms with Gasteiger partial charge in [-0.15, -0.1) is 0 Å². The average Bonchev–Trinajstić information content (AvgIpc) is 2.28. The Labute approximate surface area is 106 Å². The van der Waals surface area contributed by atoms with Gasteiger partial charge in [-0.25, -0.2) is 9.18 Å². The maximum Gasteiger partial charge on any atom is 0.437 e. The highest BCUT2D eigenvalue weighted by Crippen LogP contribution is 2.43. The van der Waals surface area contributed by atoms with Crippen LogP contribution in [-0.2, 0) is 4.79 Å². The van der Waals surface area contributed by atoms with E-state index in [2.05, 4.69) is 4.74 Å². The first kappa shape index (κ1) is 16.2. The van der Waals surface area contributed by atoms with Gasteiger partial charge in [-0.2, -0.15) is 26.3 Å². The van der Waals surface area contributed by atoms with Crippen molar-refractivity contribution in [1.82, 2.24) is 0 Å². The van der Waals surface area contributed by atoms with Crippen molar-refractivity contribution < 1.29 is 45.4 Å². The molecule has 0 aromatic heterocycles. The van der Waals surface area contributed by atoms with Gasteiger partial charge in [-0.05, 0) is 24.3 Å². The summed E-state index contributed by atoms with van der Waals surface area (Å²) in [7, 11) is 0. The van der Waals surface area contributed by atoms with Crippen LogP contribution in [0.25, 0.3) is 0 Å². The monoisotopic (exact) mass is 306 g/mol. The molecule has 0 radical (unpaired) electrons. The van der Waals surface area contributed by atoms with E-state index >= 15 is 0 Å². The third-order valence-corrected chi connectivity index (χ3v) is 2.14. The van der Waals surface area contributed by atoms with Crippen molar-refractivity contribution in [3.63, 3.8) is 0 Å². The topological polar surface area (TPSA) is 46.5 Å². The van der Waals surface area contributed by atoms with E-state index in [0.29, 0.717) is 24.3 Å². The van der Waals surface area contributed by atoms with Crippen LogP contribution in [0.1, 0.15) is 0 Å². The third kappa shape index (κ3) is 2.84. The number of hydrogen-bond donors (Lipinski definition) is 1. The zero-order chi connectivity index (χ0) is 15.8. The number of rotatable bonds is 2. The van der Waals surface area contributed by atoms with Crippen molar-refractivity contribution in [3.05, 3.63) is 30.1 Å². The Kier molecular flexibility index (Phi) is 3.99. The highest BCUT2D eigenvalue weighted by molar-refractivity contribution is 5.83. The Morgan fingerprint density at radius 2 is 1.35 bits per heavy atom. The van der Waals surface area contributed by atoms with Gasteiger partial charge in [-0.3, -0.25) is 0 Å². The second-order valence-electron chi connectivity index (χ2n) is 3.55. The minimum absolute atomic E-state index is 0.625. The number of esters is 1. The van der Waals surface area contributed by atoms with Gasteiger partial charge in [-0.1, -0.05) is 0 Å². The number of aliphatic hydroxyl groups is 1. The molecule has 3 nitrogen and oxygen atoms in total. The maximum absolute atomic E-state index is 12.5. The summed E-state index contributed by atoms with van der Waals surface area (Å²) in [6, 6.07) is 2.53. The van der Waals surface area contributed by atoms with Crippen molar-refractivity contribution in [1.29, 1.82) is 0 Å². The normalized spacial score (nSPS) is 13.2. The van der Waals surface area contributed by atoms with Gasteiger partial charge in [0.1, 0.15) is 11.6 Å². The molecule has 0 saturated carbocycles. The largest absolute Gasteiger partial charge is 0.437 e. The van der Waals surface area contributed by atoms with Gasteiger partial charge in [0.25, 0.3) is 0 Å². The fraction of sp³-hybridized carbons (Fsp3) is 0.300. The number of hydrogen-bond acceptors (Lipinski definition) is 3. The van der Waals surface area contributed by atoms with Crippen LogP contribution in [0.4, 0.5) is 30.7 Å². The van der Waals surface area contributed by atoms with Gasteiger partial charge < -0.3 is 9.84 Å². The predicted molar refractivity (Wildman–Crippen MR) is 49.1 cm³/mol. The minimum atomic E-state index is -6.33. The van der Waals surface area contributed by atoms with Crippen LogP contribution in [0.15, 0.2) is 24.3 Å². The minimum Gasteiger partial charge on any atom is -0.424 e. The number of alkyl halides is 6. The molecule has 0 amide bonds. The molecule has 0 heterocycles. The first-order valence-electron chi connectivity index (χ1n) is 4.73. The second-order valence-corrected chi connectivity index (χ2v) is 3.55. The van der Waals surface area contributed by atoms with Crippen LogP contribution in [0.2, 0.25) is 0 Å². The van der Waals surface area contributed by atoms with Crippen molar-refractivity contribution in [2.75, 3.05) is 0 Å². The summed E-state index contributed by atoms with van der Waals surface area (Å²) in [6.07, 6.45) is -12.7. The maximum atomic E-state index is 12.5. The summed E-state index contributed by atoms with van der Waals surface area (Å²) in [5.41, 5.74) is -5.67. The fourth-order valence-electron chi connectivity index (χ4n) is 1.08. The molecule has 0 aliphatic carbocycles. The molecule has 0 aliphatic rings. The molecule has 0 saturated heterocycles. The van der Waals surface area contributed by atoms with Crippen LogP contribution in [-0.4, -0.2) is 29.0 Å². The first-order chi connectivity index (χ1) is 8.89. The molecule has 1 aromatic rings. The summed E-state index contributed by atoms with van der Waals surface area (Å²) in [4.78, 5) is 11.0. The standard InChI is InChI=1S/C10H5F7O3/c11-5-1-3-6(4-2-5)20-7(18)8(19,9(12,13)14)10(15,16)17/h1-4,19H. The number of benzene rings is 1. The van der Waals surface area contributed by atoms with E-state index in [1.165, 1.54) is 0 Å². The van der Waals surface area contributed by atoms with Crippen LogP contribution < -0.4 is 4.74 Å². The van der Waals surface area contributed by atoms with Crippen LogP contribution in [0, 0.1) is 5.82 Å². The van der Waals surface area contributed by atoms with Crippen LogP contribution in [0.3, 0.4) is 0 Å². The summed E-state index contributed by atoms with van der Waals surface area (Å²) in [5.74, 6) is -4.63. The summed E-state index contributed by atoms with van der Waals surface area (Å²) < 4.78 is 90.0. The molecule has 0 spiro atoms. The predicted octanol–water partition coefficient (Wildman–Crippen LogP) is 2.59. The molecule has 10 heteroatoms. The molecule has 0 unspecified atom stereocenters. The first-order valence-corrected chi connectivity index (χ1v) is 4.73. The molecule has 0 atom stereocenters. The SMILES string of the molecule is O=C(Oc1ccc(F)cc1)C(O)(C(F)(F)F)C(F)(F)F. The smallest absolute Gasteiger partial charge is 0.424 e. The van der Waals surface area contributed by atoms with E-state index in [1.54, 1.807) is 0 Å². The molecule has 1 N–H and O–H groups in total. The molecule has 1 aromatic carbocycles. The Morgan fingerprint density at radius 3 is 1.70 bits per heavy atom. The van der Waals surface area contributed by atoms with Gasteiger partial charge in [0.15, 0.2) is 0 Å². The second kappa shape index (κ2) is 4.93. The van der Waals surface area contributed by atoms with Crippen molar-refractivity contribution >= 4 is 5.97 Å². The Balaban J connectivity index is 3.11. The lowest BCUT2D eigenvalue weighted by Gasteiger charge is -2.29. The number of ether oxygens (including phenoxy) is 1. The molecule has 112 valence electrons. The summed E-state index contributed by atoms with van der Waals surface area (Å²) in [6.45, 7) is 0. The molecule has 0 aliphatic heterocycles. The number of halogens is 7. The average molecular weight is 306 g/mol. The van der Waals surface area contributed by atoms with E-state index < -0.39 is 35.5 Å². The van der Waals surface area contributed by atoms with E-state index in [0.717, 1.165) is 0 Å². The van der Waals surface area contributed by atoms with Crippen molar-refractivity contribution in [2.45, 2.75) is 18.0 Å². The molecule has 20 heavy (non-hydrogen) atoms. The van der Waals surface area contributed by atoms with E-state index in [4.69, 9.17) is 5.11 Å². The number of carbonyl (C=O) groups excluding carboxylic acids is 1. The van der Waals surface area contributed by atoms with Crippen LogP contribution in [0.5, 0.6) is 5.75 Å². The highest BCUT2D eigenvalue weighted by atomic mass is 19.4. The van der Waals surface area contributed by atoms with Gasteiger partial charge in [0, 0.05) is 0 Å². The zero-order valence-electron chi connectivity index (χ0n) is 9.22. The van der Waals surface area contributed by atoms with Crippen molar-refractivity contribution in [3.8, 4) is 5.75 Å². The molecular weight excluding hydrogens is 301 g/mol.